The molecule has 0 saturated carbocycles. The normalized spacial score (nSPS) is 28.1. The number of aliphatic hydroxyl groups is 3. The second-order valence-electron chi connectivity index (χ2n) is 11.5. The molecule has 2 amide bonds. The summed E-state index contributed by atoms with van der Waals surface area (Å²) in [5.74, 6) is -9.47. The summed E-state index contributed by atoms with van der Waals surface area (Å²) < 4.78 is 15.5. The summed E-state index contributed by atoms with van der Waals surface area (Å²) in [5, 5.41) is 45.0. The number of hydrogen-bond acceptors (Lipinski definition) is 10. The molecule has 5 rings (SSSR count). The number of aliphatic hydroxyl groups excluding tert-OH is 2. The number of allylic oxidation sites excluding steroid dienone is 1. The van der Waals surface area contributed by atoms with E-state index >= 15 is 4.39 Å². The maximum atomic E-state index is 15.5. The van der Waals surface area contributed by atoms with Gasteiger partial charge in [0.25, 0.3) is 5.91 Å². The standard InChI is InChI=1S/C28H33FN4O8/c1-31(2)21-14-9-12-8-13-15(29)10-16(32(3)17(34)11-33-6-4-5-7-33)22(35)19(13)23(36)18(12)25(38)28(14,41)26(39)20(24(21)37)27(30)40/h10,12,14,21,35,37-38,41H,4-9,11H2,1-3H3,(H2,30,40)/t12-,14-,21?,28-/m0/s1. The largest absolute Gasteiger partial charge is 0.510 e. The van der Waals surface area contributed by atoms with E-state index in [-0.39, 0.29) is 30.6 Å². The highest BCUT2D eigenvalue weighted by Crippen LogP contribution is 2.53. The maximum Gasteiger partial charge on any atom is 0.255 e. The van der Waals surface area contributed by atoms with Crippen molar-refractivity contribution in [3.05, 3.63) is 45.7 Å². The third-order valence-corrected chi connectivity index (χ3v) is 8.94. The molecular weight excluding hydrogens is 539 g/mol. The number of carbonyl (C=O) groups is 4. The van der Waals surface area contributed by atoms with Crippen LogP contribution in [-0.2, 0) is 20.8 Å². The van der Waals surface area contributed by atoms with Crippen LogP contribution in [0.1, 0.15) is 35.2 Å². The molecule has 3 aliphatic carbocycles. The number of benzene rings is 1. The zero-order valence-corrected chi connectivity index (χ0v) is 23.0. The van der Waals surface area contributed by atoms with Gasteiger partial charge in [-0.2, -0.15) is 0 Å². The second-order valence-corrected chi connectivity index (χ2v) is 11.5. The lowest BCUT2D eigenvalue weighted by atomic mass is 9.58. The Kier molecular flexibility index (Phi) is 6.95. The van der Waals surface area contributed by atoms with Crippen LogP contribution >= 0.6 is 0 Å². The third kappa shape index (κ3) is 4.13. The van der Waals surface area contributed by atoms with Gasteiger partial charge in [-0.3, -0.25) is 29.0 Å². The molecule has 1 heterocycles. The van der Waals surface area contributed by atoms with Crippen molar-refractivity contribution in [3.8, 4) is 5.75 Å². The van der Waals surface area contributed by atoms with E-state index in [0.717, 1.165) is 36.9 Å². The highest BCUT2D eigenvalue weighted by atomic mass is 19.1. The lowest BCUT2D eigenvalue weighted by Gasteiger charge is -2.50. The topological polar surface area (TPSA) is 185 Å². The Bertz CT molecular complexity index is 1450. The Morgan fingerprint density at radius 2 is 1.78 bits per heavy atom. The number of hydrogen-bond donors (Lipinski definition) is 5. The quantitative estimate of drug-likeness (QED) is 0.308. The summed E-state index contributed by atoms with van der Waals surface area (Å²) in [6, 6.07) is -0.159. The summed E-state index contributed by atoms with van der Waals surface area (Å²) in [4.78, 5) is 56.6. The van der Waals surface area contributed by atoms with E-state index < -0.39 is 86.7 Å². The van der Waals surface area contributed by atoms with E-state index in [1.54, 1.807) is 0 Å². The van der Waals surface area contributed by atoms with Crippen LogP contribution < -0.4 is 10.6 Å². The minimum absolute atomic E-state index is 0.0444. The average molecular weight is 573 g/mol. The summed E-state index contributed by atoms with van der Waals surface area (Å²) in [5.41, 5.74) is 0.372. The molecule has 0 radical (unpaired) electrons. The minimum atomic E-state index is -2.79. The van der Waals surface area contributed by atoms with Crippen molar-refractivity contribution in [1.82, 2.24) is 9.80 Å². The van der Waals surface area contributed by atoms with E-state index in [1.807, 2.05) is 4.90 Å². The predicted molar refractivity (Wildman–Crippen MR) is 143 cm³/mol. The van der Waals surface area contributed by atoms with Gasteiger partial charge in [-0.1, -0.05) is 0 Å². The number of nitrogens with two attached hydrogens (primary N) is 1. The monoisotopic (exact) mass is 572 g/mol. The van der Waals surface area contributed by atoms with Gasteiger partial charge in [0.15, 0.2) is 17.1 Å². The van der Waals surface area contributed by atoms with Crippen LogP contribution in [0.5, 0.6) is 5.75 Å². The van der Waals surface area contributed by atoms with Gasteiger partial charge >= 0.3 is 0 Å². The highest BCUT2D eigenvalue weighted by molar-refractivity contribution is 6.25. The number of halogens is 1. The molecule has 1 aliphatic heterocycles. The Labute approximate surface area is 235 Å². The number of likely N-dealkylation sites (N-methyl/N-ethyl adjacent to an activating group) is 2. The van der Waals surface area contributed by atoms with Crippen molar-refractivity contribution in [2.24, 2.45) is 17.6 Å². The molecule has 41 heavy (non-hydrogen) atoms. The van der Waals surface area contributed by atoms with Crippen LogP contribution in [0.3, 0.4) is 0 Å². The first kappa shape index (κ1) is 28.7. The van der Waals surface area contributed by atoms with Gasteiger partial charge in [0.1, 0.15) is 22.9 Å². The van der Waals surface area contributed by atoms with Crippen molar-refractivity contribution < 1.29 is 44.0 Å². The number of Topliss-reactive ketones (excluding diaryl/α,β-unsaturated/α-hetero) is 2. The van der Waals surface area contributed by atoms with Gasteiger partial charge < -0.3 is 31.1 Å². The lowest BCUT2D eigenvalue weighted by molar-refractivity contribution is -0.148. The number of phenolic OH excluding ortho intramolecular Hbond substituents is 1. The van der Waals surface area contributed by atoms with Crippen molar-refractivity contribution in [2.75, 3.05) is 45.7 Å². The van der Waals surface area contributed by atoms with Crippen LogP contribution in [0.4, 0.5) is 10.1 Å². The molecule has 1 fully saturated rings. The first-order valence-corrected chi connectivity index (χ1v) is 13.4. The number of fused-ring (bicyclic) bond motifs is 3. The van der Waals surface area contributed by atoms with Crippen LogP contribution in [-0.4, -0.2) is 106 Å². The van der Waals surface area contributed by atoms with Gasteiger partial charge in [0, 0.05) is 30.2 Å². The fourth-order valence-corrected chi connectivity index (χ4v) is 6.89. The summed E-state index contributed by atoms with van der Waals surface area (Å²) >= 11 is 0. The molecule has 13 heteroatoms. The molecule has 0 bridgehead atoms. The van der Waals surface area contributed by atoms with E-state index in [1.165, 1.54) is 26.0 Å². The number of amides is 2. The fourth-order valence-electron chi connectivity index (χ4n) is 6.89. The molecule has 0 spiro atoms. The molecule has 6 N–H and O–H groups in total. The van der Waals surface area contributed by atoms with Crippen molar-refractivity contribution in [2.45, 2.75) is 37.3 Å². The summed E-state index contributed by atoms with van der Waals surface area (Å²) in [7, 11) is 4.40. The molecule has 1 saturated heterocycles. The van der Waals surface area contributed by atoms with Crippen LogP contribution in [0.2, 0.25) is 0 Å². The number of ketones is 2. The maximum absolute atomic E-state index is 15.5. The van der Waals surface area contributed by atoms with Crippen molar-refractivity contribution in [3.63, 3.8) is 0 Å². The number of aromatic hydroxyl groups is 1. The Morgan fingerprint density at radius 1 is 1.15 bits per heavy atom. The molecule has 12 nitrogen and oxygen atoms in total. The SMILES string of the molecule is CN(C(=O)CN1CCCC1)c1cc(F)c2c(c1O)C(=O)C1=C(O)[C@]3(O)C(=O)C(C(N)=O)=C(O)C(N(C)C)[C@@H]3C[C@@H]1C2. The van der Waals surface area contributed by atoms with Gasteiger partial charge in [0.2, 0.25) is 11.7 Å². The van der Waals surface area contributed by atoms with Crippen LogP contribution in [0.25, 0.3) is 0 Å². The van der Waals surface area contributed by atoms with Gasteiger partial charge in [-0.05, 0) is 58.8 Å². The molecule has 1 aromatic carbocycles. The minimum Gasteiger partial charge on any atom is -0.510 e. The van der Waals surface area contributed by atoms with Crippen LogP contribution in [0, 0.1) is 17.7 Å². The van der Waals surface area contributed by atoms with Crippen molar-refractivity contribution >= 4 is 29.1 Å². The predicted octanol–water partition coefficient (Wildman–Crippen LogP) is 0.318. The molecule has 220 valence electrons. The number of nitrogens with zero attached hydrogens (tertiary/aromatic N) is 3. The Hall–Kier alpha value is -3.81. The number of likely N-dealkylation sites (tertiary alicyclic amines) is 1. The van der Waals surface area contributed by atoms with Crippen LogP contribution in [0.15, 0.2) is 28.7 Å². The second kappa shape index (κ2) is 9.93. The number of phenols is 1. The molecule has 1 aromatic rings. The van der Waals surface area contributed by atoms with E-state index in [4.69, 9.17) is 5.73 Å². The number of anilines is 1. The van der Waals surface area contributed by atoms with Gasteiger partial charge in [-0.25, -0.2) is 4.39 Å². The third-order valence-electron chi connectivity index (χ3n) is 8.94. The zero-order valence-electron chi connectivity index (χ0n) is 23.0. The number of primary amides is 1. The summed E-state index contributed by atoms with van der Waals surface area (Å²) in [6.07, 6.45) is 1.57. The van der Waals surface area contributed by atoms with Crippen molar-refractivity contribution in [1.29, 1.82) is 0 Å². The van der Waals surface area contributed by atoms with Gasteiger partial charge in [-0.15, -0.1) is 0 Å². The fraction of sp³-hybridized carbons (Fsp3) is 0.500. The summed E-state index contributed by atoms with van der Waals surface area (Å²) in [6.45, 7) is 1.51. The van der Waals surface area contributed by atoms with Gasteiger partial charge in [0.05, 0.1) is 23.8 Å². The molecular formula is C28H33FN4O8. The Morgan fingerprint density at radius 3 is 2.37 bits per heavy atom. The molecule has 1 unspecified atom stereocenters. The zero-order chi connectivity index (χ0) is 30.1. The first-order chi connectivity index (χ1) is 19.2. The highest BCUT2D eigenvalue weighted by Gasteiger charge is 2.63. The Balaban J connectivity index is 1.61. The van der Waals surface area contributed by atoms with E-state index in [9.17, 15) is 39.6 Å². The van der Waals surface area contributed by atoms with E-state index in [0.29, 0.717) is 0 Å². The smallest absolute Gasteiger partial charge is 0.255 e. The lowest BCUT2D eigenvalue weighted by Crippen LogP contribution is -2.63. The number of carbonyl (C=O) groups excluding carboxylic acids is 4. The molecule has 4 atom stereocenters. The van der Waals surface area contributed by atoms with E-state index in [2.05, 4.69) is 0 Å². The average Bonchev–Trinajstić information content (AvgIpc) is 3.40. The first-order valence-electron chi connectivity index (χ1n) is 13.4. The molecule has 0 aromatic heterocycles. The molecule has 4 aliphatic rings. The number of rotatable bonds is 5.